The first-order chi connectivity index (χ1) is 7.83. The summed E-state index contributed by atoms with van der Waals surface area (Å²) >= 11 is 0. The highest BCUT2D eigenvalue weighted by Gasteiger charge is 2.34. The second-order valence-corrected chi connectivity index (χ2v) is 5.27. The molecule has 16 heavy (non-hydrogen) atoms. The molecular weight excluding hydrogens is 204 g/mol. The number of likely N-dealkylation sites (tertiary alicyclic amines) is 1. The average molecular weight is 224 g/mol. The number of nitrogens with zero attached hydrogens (tertiary/aromatic N) is 1. The van der Waals surface area contributed by atoms with Crippen LogP contribution in [0.5, 0.6) is 0 Å². The smallest absolute Gasteiger partial charge is 0.228 e. The predicted molar refractivity (Wildman–Crippen MR) is 60.1 cm³/mol. The number of carbonyl (C=O) groups excluding carboxylic acids is 1. The van der Waals surface area contributed by atoms with Gasteiger partial charge < -0.3 is 15.0 Å². The van der Waals surface area contributed by atoms with Gasteiger partial charge in [-0.3, -0.25) is 4.79 Å². The maximum Gasteiger partial charge on any atom is 0.228 e. The van der Waals surface area contributed by atoms with Gasteiger partial charge in [-0.15, -0.1) is 0 Å². The van der Waals surface area contributed by atoms with Crippen LogP contribution >= 0.6 is 0 Å². The highest BCUT2D eigenvalue weighted by molar-refractivity contribution is 5.79. The summed E-state index contributed by atoms with van der Waals surface area (Å²) in [5.41, 5.74) is 0. The van der Waals surface area contributed by atoms with Crippen LogP contribution in [-0.4, -0.2) is 49.2 Å². The minimum atomic E-state index is 0.136. The summed E-state index contributed by atoms with van der Waals surface area (Å²) in [6.07, 6.45) is 4.56. The van der Waals surface area contributed by atoms with Crippen LogP contribution in [0.2, 0.25) is 0 Å². The van der Waals surface area contributed by atoms with Crippen molar-refractivity contribution in [3.8, 4) is 0 Å². The summed E-state index contributed by atoms with van der Waals surface area (Å²) < 4.78 is 5.30. The molecule has 3 fully saturated rings. The van der Waals surface area contributed by atoms with Crippen molar-refractivity contribution in [1.29, 1.82) is 0 Å². The summed E-state index contributed by atoms with van der Waals surface area (Å²) in [7, 11) is 0. The molecule has 0 aliphatic carbocycles. The lowest BCUT2D eigenvalue weighted by molar-refractivity contribution is -0.135. The Balaban J connectivity index is 1.63. The molecule has 2 bridgehead atoms. The van der Waals surface area contributed by atoms with Gasteiger partial charge in [0.25, 0.3) is 0 Å². The van der Waals surface area contributed by atoms with E-state index in [4.69, 9.17) is 4.74 Å². The van der Waals surface area contributed by atoms with E-state index in [1.54, 1.807) is 0 Å². The Hall–Kier alpha value is -0.610. The van der Waals surface area contributed by atoms with E-state index < -0.39 is 0 Å². The fourth-order valence-electron chi connectivity index (χ4n) is 3.13. The third-order valence-corrected chi connectivity index (χ3v) is 4.11. The van der Waals surface area contributed by atoms with Gasteiger partial charge in [-0.1, -0.05) is 0 Å². The number of nitrogens with one attached hydrogen (secondary N) is 1. The molecule has 3 aliphatic rings. The van der Waals surface area contributed by atoms with Crippen molar-refractivity contribution in [3.63, 3.8) is 0 Å². The fourth-order valence-corrected chi connectivity index (χ4v) is 3.13. The molecule has 0 spiro atoms. The van der Waals surface area contributed by atoms with Crippen molar-refractivity contribution in [2.24, 2.45) is 5.92 Å². The van der Waals surface area contributed by atoms with E-state index in [1.165, 1.54) is 12.8 Å². The largest absolute Gasteiger partial charge is 0.381 e. The molecule has 0 aromatic carbocycles. The molecule has 4 nitrogen and oxygen atoms in total. The fraction of sp³-hybridized carbons (Fsp3) is 0.917. The summed E-state index contributed by atoms with van der Waals surface area (Å²) in [4.78, 5) is 14.3. The molecule has 0 aromatic rings. The van der Waals surface area contributed by atoms with Gasteiger partial charge >= 0.3 is 0 Å². The normalized spacial score (nSPS) is 38.8. The summed E-state index contributed by atoms with van der Waals surface area (Å²) in [5, 5.41) is 3.60. The molecule has 3 atom stereocenters. The van der Waals surface area contributed by atoms with Crippen LogP contribution in [0.4, 0.5) is 0 Å². The van der Waals surface area contributed by atoms with Crippen LogP contribution in [0.25, 0.3) is 0 Å². The van der Waals surface area contributed by atoms with Gasteiger partial charge in [0, 0.05) is 31.8 Å². The second kappa shape index (κ2) is 4.34. The van der Waals surface area contributed by atoms with E-state index >= 15 is 0 Å². The SMILES string of the molecule is O=C(C1CCOC1)N1CCC2CCC(C1)N2. The molecule has 0 saturated carbocycles. The second-order valence-electron chi connectivity index (χ2n) is 5.27. The summed E-state index contributed by atoms with van der Waals surface area (Å²) in [6, 6.07) is 1.20. The van der Waals surface area contributed by atoms with Gasteiger partial charge in [-0.2, -0.15) is 0 Å². The highest BCUT2D eigenvalue weighted by atomic mass is 16.5. The zero-order valence-corrected chi connectivity index (χ0v) is 9.65. The van der Waals surface area contributed by atoms with Gasteiger partial charge in [0.15, 0.2) is 0 Å². The third-order valence-electron chi connectivity index (χ3n) is 4.11. The van der Waals surface area contributed by atoms with Gasteiger partial charge in [-0.05, 0) is 25.7 Å². The van der Waals surface area contributed by atoms with Crippen LogP contribution in [0, 0.1) is 5.92 Å². The molecule has 4 heteroatoms. The highest BCUT2D eigenvalue weighted by Crippen LogP contribution is 2.23. The first kappa shape index (κ1) is 10.5. The van der Waals surface area contributed by atoms with Gasteiger partial charge in [0.2, 0.25) is 5.91 Å². The van der Waals surface area contributed by atoms with E-state index in [1.807, 2.05) is 0 Å². The lowest BCUT2D eigenvalue weighted by Crippen LogP contribution is -2.42. The molecule has 1 N–H and O–H groups in total. The van der Waals surface area contributed by atoms with Crippen molar-refractivity contribution in [3.05, 3.63) is 0 Å². The van der Waals surface area contributed by atoms with Gasteiger partial charge in [0.05, 0.1) is 12.5 Å². The van der Waals surface area contributed by atoms with Crippen LogP contribution < -0.4 is 5.32 Å². The molecule has 3 unspecified atom stereocenters. The van der Waals surface area contributed by atoms with Crippen molar-refractivity contribution in [2.75, 3.05) is 26.3 Å². The number of hydrogen-bond donors (Lipinski definition) is 1. The molecule has 1 amide bonds. The Morgan fingerprint density at radius 2 is 2.06 bits per heavy atom. The zero-order chi connectivity index (χ0) is 11.0. The lowest BCUT2D eigenvalue weighted by Gasteiger charge is -2.26. The van der Waals surface area contributed by atoms with Crippen LogP contribution in [0.3, 0.4) is 0 Å². The summed E-state index contributed by atoms with van der Waals surface area (Å²) in [6.45, 7) is 3.24. The van der Waals surface area contributed by atoms with Gasteiger partial charge in [0.1, 0.15) is 0 Å². The van der Waals surface area contributed by atoms with Crippen LogP contribution in [-0.2, 0) is 9.53 Å². The van der Waals surface area contributed by atoms with E-state index in [-0.39, 0.29) is 5.92 Å². The molecule has 3 saturated heterocycles. The van der Waals surface area contributed by atoms with Crippen molar-refractivity contribution < 1.29 is 9.53 Å². The van der Waals surface area contributed by atoms with E-state index in [9.17, 15) is 4.79 Å². The van der Waals surface area contributed by atoms with Gasteiger partial charge in [-0.25, -0.2) is 0 Å². The van der Waals surface area contributed by atoms with Crippen LogP contribution in [0.15, 0.2) is 0 Å². The average Bonchev–Trinajstić information content (AvgIpc) is 2.87. The molecule has 90 valence electrons. The number of ether oxygens (including phenoxy) is 1. The Morgan fingerprint density at radius 3 is 2.88 bits per heavy atom. The topological polar surface area (TPSA) is 41.6 Å². The van der Waals surface area contributed by atoms with Crippen molar-refractivity contribution in [1.82, 2.24) is 10.2 Å². The molecular formula is C12H20N2O2. The monoisotopic (exact) mass is 224 g/mol. The zero-order valence-electron chi connectivity index (χ0n) is 9.65. The van der Waals surface area contributed by atoms with Crippen LogP contribution in [0.1, 0.15) is 25.7 Å². The number of carbonyl (C=O) groups is 1. The molecule has 3 heterocycles. The molecule has 3 rings (SSSR count). The Morgan fingerprint density at radius 1 is 1.19 bits per heavy atom. The number of fused-ring (bicyclic) bond motifs is 2. The first-order valence-corrected chi connectivity index (χ1v) is 6.45. The molecule has 0 aromatic heterocycles. The molecule has 3 aliphatic heterocycles. The summed E-state index contributed by atoms with van der Waals surface area (Å²) in [5.74, 6) is 0.462. The minimum absolute atomic E-state index is 0.136. The standard InChI is InChI=1S/C12H20N2O2/c15-12(9-4-6-16-8-9)14-5-3-10-1-2-11(7-14)13-10/h9-11,13H,1-8H2. The lowest BCUT2D eigenvalue weighted by atomic mass is 10.0. The Kier molecular flexibility index (Phi) is 2.86. The van der Waals surface area contributed by atoms with Crippen molar-refractivity contribution >= 4 is 5.91 Å². The quantitative estimate of drug-likeness (QED) is 0.700. The third kappa shape index (κ3) is 1.96. The predicted octanol–water partition coefficient (Wildman–Crippen LogP) is 0.376. The first-order valence-electron chi connectivity index (χ1n) is 6.45. The van der Waals surface area contributed by atoms with Crippen molar-refractivity contribution in [2.45, 2.75) is 37.8 Å². The number of amides is 1. The maximum atomic E-state index is 12.2. The number of hydrogen-bond acceptors (Lipinski definition) is 3. The Labute approximate surface area is 96.3 Å². The minimum Gasteiger partial charge on any atom is -0.381 e. The van der Waals surface area contributed by atoms with E-state index in [0.29, 0.717) is 24.6 Å². The molecule has 0 radical (unpaired) electrons. The maximum absolute atomic E-state index is 12.2. The number of rotatable bonds is 1. The Bertz CT molecular complexity index is 276. The van der Waals surface area contributed by atoms with E-state index in [2.05, 4.69) is 10.2 Å². The van der Waals surface area contributed by atoms with E-state index in [0.717, 1.165) is 32.5 Å².